The Bertz CT molecular complexity index is 543. The molecule has 0 atom stereocenters. The second-order valence-electron chi connectivity index (χ2n) is 4.51. The summed E-state index contributed by atoms with van der Waals surface area (Å²) in [6.45, 7) is 3.84. The minimum atomic E-state index is -0.465. The molecule has 0 radical (unpaired) electrons. The predicted molar refractivity (Wildman–Crippen MR) is 68.0 cm³/mol. The fourth-order valence-corrected chi connectivity index (χ4v) is 2.06. The number of hydrogen-bond acceptors (Lipinski definition) is 1. The zero-order chi connectivity index (χ0) is 11.8. The van der Waals surface area contributed by atoms with Crippen molar-refractivity contribution in [2.45, 2.75) is 19.3 Å². The van der Waals surface area contributed by atoms with Gasteiger partial charge < -0.3 is 4.79 Å². The van der Waals surface area contributed by atoms with Crippen LogP contribution in [0.5, 0.6) is 0 Å². The van der Waals surface area contributed by atoms with Gasteiger partial charge in [0.2, 0.25) is 0 Å². The standard InChI is InChI=1S/C14H13ClO/c1-14(2,9-16)13-5-3-4-10-8-11(15)6-7-12(10)13/h3-9H,1-2H3. The molecule has 2 rings (SSSR count). The van der Waals surface area contributed by atoms with Crippen molar-refractivity contribution in [3.05, 3.63) is 47.0 Å². The van der Waals surface area contributed by atoms with E-state index in [0.717, 1.165) is 22.6 Å². The molecular weight excluding hydrogens is 220 g/mol. The van der Waals surface area contributed by atoms with Gasteiger partial charge in [-0.2, -0.15) is 0 Å². The largest absolute Gasteiger partial charge is 0.302 e. The van der Waals surface area contributed by atoms with E-state index in [1.165, 1.54) is 0 Å². The van der Waals surface area contributed by atoms with Crippen LogP contribution in [0.15, 0.2) is 36.4 Å². The highest BCUT2D eigenvalue weighted by molar-refractivity contribution is 6.31. The zero-order valence-corrected chi connectivity index (χ0v) is 10.1. The molecule has 2 heteroatoms. The number of halogens is 1. The summed E-state index contributed by atoms with van der Waals surface area (Å²) in [7, 11) is 0. The van der Waals surface area contributed by atoms with E-state index in [-0.39, 0.29) is 0 Å². The molecule has 0 N–H and O–H groups in total. The summed E-state index contributed by atoms with van der Waals surface area (Å²) in [6.07, 6.45) is 0.983. The van der Waals surface area contributed by atoms with Gasteiger partial charge in [-0.1, -0.05) is 35.9 Å². The molecule has 82 valence electrons. The lowest BCUT2D eigenvalue weighted by atomic mass is 9.83. The minimum Gasteiger partial charge on any atom is -0.302 e. The Kier molecular flexibility index (Phi) is 2.73. The van der Waals surface area contributed by atoms with Crippen molar-refractivity contribution in [1.82, 2.24) is 0 Å². The van der Waals surface area contributed by atoms with Crippen LogP contribution in [0.2, 0.25) is 5.02 Å². The molecule has 0 unspecified atom stereocenters. The summed E-state index contributed by atoms with van der Waals surface area (Å²) in [5, 5.41) is 2.87. The first-order valence-corrected chi connectivity index (χ1v) is 5.57. The zero-order valence-electron chi connectivity index (χ0n) is 9.33. The summed E-state index contributed by atoms with van der Waals surface area (Å²) in [5.41, 5.74) is 0.574. The first-order chi connectivity index (χ1) is 7.54. The SMILES string of the molecule is CC(C)(C=O)c1cccc2cc(Cl)ccc12. The van der Waals surface area contributed by atoms with E-state index >= 15 is 0 Å². The summed E-state index contributed by atoms with van der Waals surface area (Å²) in [4.78, 5) is 11.1. The number of benzene rings is 2. The summed E-state index contributed by atoms with van der Waals surface area (Å²) < 4.78 is 0. The average Bonchev–Trinajstić information content (AvgIpc) is 2.27. The summed E-state index contributed by atoms with van der Waals surface area (Å²) >= 11 is 5.95. The topological polar surface area (TPSA) is 17.1 Å². The van der Waals surface area contributed by atoms with Gasteiger partial charge in [-0.25, -0.2) is 0 Å². The van der Waals surface area contributed by atoms with Crippen molar-refractivity contribution in [2.24, 2.45) is 0 Å². The Morgan fingerprint density at radius 3 is 2.62 bits per heavy atom. The second kappa shape index (κ2) is 3.91. The third kappa shape index (κ3) is 1.83. The predicted octanol–water partition coefficient (Wildman–Crippen LogP) is 3.97. The van der Waals surface area contributed by atoms with Gasteiger partial charge in [0, 0.05) is 10.4 Å². The molecule has 0 bridgehead atoms. The number of aldehydes is 1. The molecular formula is C14H13ClO. The summed E-state index contributed by atoms with van der Waals surface area (Å²) in [6, 6.07) is 11.7. The maximum atomic E-state index is 11.1. The van der Waals surface area contributed by atoms with Crippen LogP contribution in [0, 0.1) is 0 Å². The van der Waals surface area contributed by atoms with Crippen molar-refractivity contribution in [1.29, 1.82) is 0 Å². The van der Waals surface area contributed by atoms with Crippen LogP contribution in [0.3, 0.4) is 0 Å². The molecule has 16 heavy (non-hydrogen) atoms. The van der Waals surface area contributed by atoms with Gasteiger partial charge in [0.1, 0.15) is 6.29 Å². The molecule has 0 aliphatic rings. The maximum Gasteiger partial charge on any atom is 0.129 e. The average molecular weight is 233 g/mol. The third-order valence-electron chi connectivity index (χ3n) is 2.83. The van der Waals surface area contributed by atoms with Crippen molar-refractivity contribution in [3.8, 4) is 0 Å². The van der Waals surface area contributed by atoms with Crippen molar-refractivity contribution in [2.75, 3.05) is 0 Å². The number of hydrogen-bond donors (Lipinski definition) is 0. The number of carbonyl (C=O) groups is 1. The van der Waals surface area contributed by atoms with Gasteiger partial charge in [-0.15, -0.1) is 0 Å². The number of carbonyl (C=O) groups excluding carboxylic acids is 1. The van der Waals surface area contributed by atoms with Crippen molar-refractivity contribution < 1.29 is 4.79 Å². The lowest BCUT2D eigenvalue weighted by molar-refractivity contribution is -0.111. The quantitative estimate of drug-likeness (QED) is 0.716. The Morgan fingerprint density at radius 1 is 1.19 bits per heavy atom. The molecule has 0 heterocycles. The van der Waals surface area contributed by atoms with Crippen LogP contribution in [0.4, 0.5) is 0 Å². The molecule has 2 aromatic rings. The fourth-order valence-electron chi connectivity index (χ4n) is 1.88. The van der Waals surface area contributed by atoms with Gasteiger partial charge in [0.05, 0.1) is 0 Å². The van der Waals surface area contributed by atoms with Gasteiger partial charge in [0.25, 0.3) is 0 Å². The number of fused-ring (bicyclic) bond motifs is 1. The Hall–Kier alpha value is -1.34. The van der Waals surface area contributed by atoms with E-state index in [0.29, 0.717) is 5.02 Å². The molecule has 0 spiro atoms. The molecule has 0 fully saturated rings. The minimum absolute atomic E-state index is 0.465. The normalized spacial score (nSPS) is 11.7. The monoisotopic (exact) mass is 232 g/mol. The highest BCUT2D eigenvalue weighted by Crippen LogP contribution is 2.30. The third-order valence-corrected chi connectivity index (χ3v) is 3.07. The van der Waals surface area contributed by atoms with Crippen LogP contribution in [0.25, 0.3) is 10.8 Å². The van der Waals surface area contributed by atoms with Crippen LogP contribution >= 0.6 is 11.6 Å². The smallest absolute Gasteiger partial charge is 0.129 e. The molecule has 0 aliphatic heterocycles. The van der Waals surface area contributed by atoms with Crippen LogP contribution in [-0.4, -0.2) is 6.29 Å². The van der Waals surface area contributed by atoms with Gasteiger partial charge in [-0.05, 0) is 42.3 Å². The van der Waals surface area contributed by atoms with E-state index in [9.17, 15) is 4.79 Å². The van der Waals surface area contributed by atoms with E-state index in [4.69, 9.17) is 11.6 Å². The van der Waals surface area contributed by atoms with Crippen LogP contribution in [0.1, 0.15) is 19.4 Å². The lowest BCUT2D eigenvalue weighted by Crippen LogP contribution is -2.18. The molecule has 0 aromatic heterocycles. The Labute approximate surface area is 100 Å². The van der Waals surface area contributed by atoms with Gasteiger partial charge in [0.15, 0.2) is 0 Å². The highest BCUT2D eigenvalue weighted by Gasteiger charge is 2.21. The first kappa shape index (κ1) is 11.2. The Balaban J connectivity index is 2.76. The van der Waals surface area contributed by atoms with Crippen LogP contribution in [-0.2, 0) is 10.2 Å². The number of rotatable bonds is 2. The molecule has 2 aromatic carbocycles. The molecule has 1 nitrogen and oxygen atoms in total. The van der Waals surface area contributed by atoms with Gasteiger partial charge >= 0.3 is 0 Å². The van der Waals surface area contributed by atoms with Crippen LogP contribution < -0.4 is 0 Å². The maximum absolute atomic E-state index is 11.1. The van der Waals surface area contributed by atoms with E-state index in [1.54, 1.807) is 0 Å². The van der Waals surface area contributed by atoms with E-state index < -0.39 is 5.41 Å². The van der Waals surface area contributed by atoms with Crippen molar-refractivity contribution in [3.63, 3.8) is 0 Å². The molecule has 0 aliphatic carbocycles. The fraction of sp³-hybridized carbons (Fsp3) is 0.214. The lowest BCUT2D eigenvalue weighted by Gasteiger charge is -2.19. The highest BCUT2D eigenvalue weighted by atomic mass is 35.5. The second-order valence-corrected chi connectivity index (χ2v) is 4.95. The Morgan fingerprint density at radius 2 is 1.94 bits per heavy atom. The summed E-state index contributed by atoms with van der Waals surface area (Å²) in [5.74, 6) is 0. The van der Waals surface area contributed by atoms with E-state index in [1.807, 2.05) is 50.2 Å². The molecule has 0 saturated carbocycles. The molecule has 0 amide bonds. The van der Waals surface area contributed by atoms with E-state index in [2.05, 4.69) is 0 Å². The molecule has 0 saturated heterocycles. The van der Waals surface area contributed by atoms with Crippen molar-refractivity contribution >= 4 is 28.7 Å². The van der Waals surface area contributed by atoms with Gasteiger partial charge in [-0.3, -0.25) is 0 Å². The first-order valence-electron chi connectivity index (χ1n) is 5.20.